The number of rotatable bonds is 7. The molecule has 140 valence electrons. The SMILES string of the molecule is CCCCn1nc(CCc2ccccc2)nc1C1CSC(C)(C)C(=O)N1. The molecule has 0 bridgehead atoms. The zero-order valence-corrected chi connectivity index (χ0v) is 16.7. The minimum Gasteiger partial charge on any atom is -0.344 e. The molecule has 1 atom stereocenters. The summed E-state index contributed by atoms with van der Waals surface area (Å²) in [7, 11) is 0. The standard InChI is InChI=1S/C20H28N4OS/c1-4-5-13-24-18(16-14-26-20(2,3)19(25)21-16)22-17(23-24)12-11-15-9-7-6-8-10-15/h6-10,16H,4-5,11-14H2,1-3H3,(H,21,25). The van der Waals surface area contributed by atoms with Crippen LogP contribution in [0, 0.1) is 0 Å². The molecule has 2 heterocycles. The second-order valence-electron chi connectivity index (χ2n) is 7.30. The van der Waals surface area contributed by atoms with Crippen LogP contribution >= 0.6 is 11.8 Å². The van der Waals surface area contributed by atoms with Gasteiger partial charge in [-0.25, -0.2) is 9.67 Å². The summed E-state index contributed by atoms with van der Waals surface area (Å²) in [4.78, 5) is 17.2. The van der Waals surface area contributed by atoms with Gasteiger partial charge in [-0.1, -0.05) is 43.7 Å². The van der Waals surface area contributed by atoms with Crippen molar-refractivity contribution in [3.8, 4) is 0 Å². The average molecular weight is 373 g/mol. The first-order chi connectivity index (χ1) is 12.5. The number of aromatic nitrogens is 3. The minimum absolute atomic E-state index is 0.0599. The zero-order valence-electron chi connectivity index (χ0n) is 15.9. The lowest BCUT2D eigenvalue weighted by Crippen LogP contribution is -2.48. The molecule has 26 heavy (non-hydrogen) atoms. The molecule has 1 aliphatic heterocycles. The van der Waals surface area contributed by atoms with Crippen molar-refractivity contribution in [3.63, 3.8) is 0 Å². The van der Waals surface area contributed by atoms with E-state index in [1.165, 1.54) is 5.56 Å². The molecule has 0 aliphatic carbocycles. The highest BCUT2D eigenvalue weighted by Crippen LogP contribution is 2.34. The molecule has 1 fully saturated rings. The van der Waals surface area contributed by atoms with Crippen LogP contribution in [0.2, 0.25) is 0 Å². The number of carbonyl (C=O) groups is 1. The monoisotopic (exact) mass is 372 g/mol. The summed E-state index contributed by atoms with van der Waals surface area (Å²) in [6.45, 7) is 6.96. The molecule has 1 amide bonds. The molecule has 1 N–H and O–H groups in total. The van der Waals surface area contributed by atoms with Gasteiger partial charge in [-0.05, 0) is 32.3 Å². The summed E-state index contributed by atoms with van der Waals surface area (Å²) in [5.41, 5.74) is 1.29. The average Bonchev–Trinajstić information content (AvgIpc) is 3.04. The lowest BCUT2D eigenvalue weighted by atomic mass is 10.1. The second kappa shape index (κ2) is 8.25. The normalized spacial score (nSPS) is 19.3. The van der Waals surface area contributed by atoms with Crippen molar-refractivity contribution < 1.29 is 4.79 Å². The van der Waals surface area contributed by atoms with Crippen molar-refractivity contribution in [1.29, 1.82) is 0 Å². The van der Waals surface area contributed by atoms with Crippen LogP contribution in [0.4, 0.5) is 0 Å². The third-order valence-electron chi connectivity index (χ3n) is 4.72. The zero-order chi connectivity index (χ0) is 18.6. The predicted molar refractivity (Wildman–Crippen MR) is 106 cm³/mol. The van der Waals surface area contributed by atoms with Crippen molar-refractivity contribution in [1.82, 2.24) is 20.1 Å². The van der Waals surface area contributed by atoms with Gasteiger partial charge in [-0.15, -0.1) is 11.8 Å². The summed E-state index contributed by atoms with van der Waals surface area (Å²) < 4.78 is 1.63. The predicted octanol–water partition coefficient (Wildman–Crippen LogP) is 3.55. The van der Waals surface area contributed by atoms with Crippen LogP contribution < -0.4 is 5.32 Å². The highest BCUT2D eigenvalue weighted by Gasteiger charge is 2.37. The third-order valence-corrected chi connectivity index (χ3v) is 6.13. The Labute approximate surface area is 160 Å². The van der Waals surface area contributed by atoms with Gasteiger partial charge in [0.2, 0.25) is 5.91 Å². The van der Waals surface area contributed by atoms with Crippen molar-refractivity contribution in [2.45, 2.75) is 63.8 Å². The first-order valence-corrected chi connectivity index (χ1v) is 10.4. The maximum absolute atomic E-state index is 12.4. The molecule has 1 saturated heterocycles. The Balaban J connectivity index is 1.75. The number of aryl methyl sites for hydroxylation is 3. The van der Waals surface area contributed by atoms with Gasteiger partial charge in [0.1, 0.15) is 0 Å². The van der Waals surface area contributed by atoms with E-state index in [1.807, 2.05) is 24.6 Å². The lowest BCUT2D eigenvalue weighted by Gasteiger charge is -2.33. The Bertz CT molecular complexity index is 742. The number of thioether (sulfide) groups is 1. The lowest BCUT2D eigenvalue weighted by molar-refractivity contribution is -0.123. The molecule has 1 aliphatic rings. The van der Waals surface area contributed by atoms with E-state index < -0.39 is 0 Å². The Morgan fingerprint density at radius 1 is 1.27 bits per heavy atom. The van der Waals surface area contributed by atoms with Gasteiger partial charge in [0, 0.05) is 18.7 Å². The largest absolute Gasteiger partial charge is 0.344 e. The van der Waals surface area contributed by atoms with Crippen LogP contribution in [0.25, 0.3) is 0 Å². The quantitative estimate of drug-likeness (QED) is 0.807. The summed E-state index contributed by atoms with van der Waals surface area (Å²) in [6.07, 6.45) is 3.91. The van der Waals surface area contributed by atoms with E-state index in [0.717, 1.165) is 49.6 Å². The molecule has 5 nitrogen and oxygen atoms in total. The molecule has 0 spiro atoms. The van der Waals surface area contributed by atoms with Crippen LogP contribution in [0.3, 0.4) is 0 Å². The Morgan fingerprint density at radius 2 is 2.04 bits per heavy atom. The first kappa shape index (κ1) is 19.0. The molecule has 3 rings (SSSR count). The third kappa shape index (κ3) is 4.47. The molecule has 6 heteroatoms. The van der Waals surface area contributed by atoms with Crippen LogP contribution in [0.1, 0.15) is 56.9 Å². The molecular formula is C20H28N4OS. The highest BCUT2D eigenvalue weighted by atomic mass is 32.2. The summed E-state index contributed by atoms with van der Waals surface area (Å²) in [5.74, 6) is 2.68. The Morgan fingerprint density at radius 3 is 2.73 bits per heavy atom. The fourth-order valence-corrected chi connectivity index (χ4v) is 4.02. The van der Waals surface area contributed by atoms with Gasteiger partial charge in [0.25, 0.3) is 0 Å². The number of benzene rings is 1. The summed E-state index contributed by atoms with van der Waals surface area (Å²) in [6, 6.07) is 10.4. The van der Waals surface area contributed by atoms with Crippen LogP contribution in [0.5, 0.6) is 0 Å². The smallest absolute Gasteiger partial charge is 0.236 e. The second-order valence-corrected chi connectivity index (χ2v) is 8.94. The van der Waals surface area contributed by atoms with Gasteiger partial charge in [-0.3, -0.25) is 4.79 Å². The summed E-state index contributed by atoms with van der Waals surface area (Å²) >= 11 is 1.69. The highest BCUT2D eigenvalue weighted by molar-refractivity contribution is 8.01. The fourth-order valence-electron chi connectivity index (χ4n) is 3.01. The van der Waals surface area contributed by atoms with Crippen molar-refractivity contribution in [2.24, 2.45) is 0 Å². The Kier molecular flexibility index (Phi) is 6.01. The molecule has 0 radical (unpaired) electrons. The molecule has 1 unspecified atom stereocenters. The molecule has 0 saturated carbocycles. The van der Waals surface area contributed by atoms with E-state index in [9.17, 15) is 4.79 Å². The van der Waals surface area contributed by atoms with Crippen molar-refractivity contribution in [2.75, 3.05) is 5.75 Å². The molecule has 1 aromatic carbocycles. The number of amides is 1. The van der Waals surface area contributed by atoms with E-state index >= 15 is 0 Å². The number of nitrogens with one attached hydrogen (secondary N) is 1. The van der Waals surface area contributed by atoms with E-state index in [4.69, 9.17) is 10.1 Å². The topological polar surface area (TPSA) is 59.8 Å². The van der Waals surface area contributed by atoms with Crippen molar-refractivity contribution in [3.05, 3.63) is 47.5 Å². The maximum atomic E-state index is 12.4. The molecule has 1 aromatic heterocycles. The van der Waals surface area contributed by atoms with Gasteiger partial charge < -0.3 is 5.32 Å². The van der Waals surface area contributed by atoms with Crippen LogP contribution in [-0.2, 0) is 24.2 Å². The first-order valence-electron chi connectivity index (χ1n) is 9.42. The maximum Gasteiger partial charge on any atom is 0.236 e. The fraction of sp³-hybridized carbons (Fsp3) is 0.550. The molecular weight excluding hydrogens is 344 g/mol. The van der Waals surface area contributed by atoms with Gasteiger partial charge in [-0.2, -0.15) is 5.10 Å². The summed E-state index contributed by atoms with van der Waals surface area (Å²) in [5, 5.41) is 7.89. The van der Waals surface area contributed by atoms with Crippen molar-refractivity contribution >= 4 is 17.7 Å². The van der Waals surface area contributed by atoms with Crippen LogP contribution in [-0.4, -0.2) is 31.2 Å². The van der Waals surface area contributed by atoms with E-state index in [-0.39, 0.29) is 16.7 Å². The van der Waals surface area contributed by atoms with Gasteiger partial charge in [0.15, 0.2) is 11.6 Å². The number of unbranched alkanes of at least 4 members (excludes halogenated alkanes) is 1. The van der Waals surface area contributed by atoms with Crippen LogP contribution in [0.15, 0.2) is 30.3 Å². The number of carbonyl (C=O) groups excluding carboxylic acids is 1. The van der Waals surface area contributed by atoms with E-state index in [2.05, 4.69) is 36.5 Å². The minimum atomic E-state index is -0.374. The Hall–Kier alpha value is -1.82. The van der Waals surface area contributed by atoms with E-state index in [1.54, 1.807) is 11.8 Å². The van der Waals surface area contributed by atoms with E-state index in [0.29, 0.717) is 0 Å². The number of hydrogen-bond acceptors (Lipinski definition) is 4. The number of hydrogen-bond donors (Lipinski definition) is 1. The van der Waals surface area contributed by atoms with Gasteiger partial charge in [0.05, 0.1) is 10.8 Å². The molecule has 2 aromatic rings. The van der Waals surface area contributed by atoms with Gasteiger partial charge >= 0.3 is 0 Å². The number of nitrogens with zero attached hydrogens (tertiary/aromatic N) is 3.